The van der Waals surface area contributed by atoms with Crippen LogP contribution >= 0.6 is 0 Å². The van der Waals surface area contributed by atoms with E-state index in [1.165, 1.54) is 6.26 Å². The van der Waals surface area contributed by atoms with E-state index in [1.54, 1.807) is 6.08 Å². The van der Waals surface area contributed by atoms with Gasteiger partial charge in [-0.15, -0.1) is 0 Å². The Labute approximate surface area is 168 Å². The van der Waals surface area contributed by atoms with Crippen LogP contribution in [0.25, 0.3) is 5.57 Å². The quantitative estimate of drug-likeness (QED) is 0.694. The first-order chi connectivity index (χ1) is 13.5. The molecule has 3 aliphatic carbocycles. The van der Waals surface area contributed by atoms with Crippen LogP contribution in [0.5, 0.6) is 0 Å². The number of rotatable bonds is 6. The SMILES string of the molecule is CS(=O)(=O)C1(OC2CCCC2)C=CC(c2ccccc2)=CC1OC1CCCC1. The van der Waals surface area contributed by atoms with Gasteiger partial charge >= 0.3 is 0 Å². The molecule has 0 aliphatic heterocycles. The van der Waals surface area contributed by atoms with E-state index >= 15 is 0 Å². The maximum Gasteiger partial charge on any atom is 0.217 e. The molecule has 0 radical (unpaired) electrons. The van der Waals surface area contributed by atoms with Crippen molar-refractivity contribution < 1.29 is 17.9 Å². The van der Waals surface area contributed by atoms with Gasteiger partial charge in [-0.25, -0.2) is 8.42 Å². The molecule has 2 saturated carbocycles. The summed E-state index contributed by atoms with van der Waals surface area (Å²) in [5.74, 6) is 0. The van der Waals surface area contributed by atoms with Crippen molar-refractivity contribution in [2.24, 2.45) is 0 Å². The van der Waals surface area contributed by atoms with E-state index < -0.39 is 20.9 Å². The third-order valence-electron chi connectivity index (χ3n) is 6.20. The Hall–Kier alpha value is -1.43. The van der Waals surface area contributed by atoms with Crippen LogP contribution in [0.15, 0.2) is 48.6 Å². The minimum atomic E-state index is -3.55. The van der Waals surface area contributed by atoms with Crippen molar-refractivity contribution in [3.8, 4) is 0 Å². The molecule has 2 fully saturated rings. The van der Waals surface area contributed by atoms with Gasteiger partial charge < -0.3 is 9.47 Å². The van der Waals surface area contributed by atoms with Crippen LogP contribution in [-0.4, -0.2) is 37.9 Å². The fraction of sp³-hybridized carbons (Fsp3) is 0.565. The van der Waals surface area contributed by atoms with Gasteiger partial charge in [0.25, 0.3) is 0 Å². The minimum absolute atomic E-state index is 0.0271. The molecule has 0 heterocycles. The highest BCUT2D eigenvalue weighted by atomic mass is 32.2. The summed E-state index contributed by atoms with van der Waals surface area (Å²) in [7, 11) is -3.55. The molecule has 152 valence electrons. The van der Waals surface area contributed by atoms with Crippen molar-refractivity contribution in [2.45, 2.75) is 74.6 Å². The van der Waals surface area contributed by atoms with E-state index in [-0.39, 0.29) is 12.2 Å². The van der Waals surface area contributed by atoms with Crippen molar-refractivity contribution in [1.29, 1.82) is 0 Å². The topological polar surface area (TPSA) is 52.6 Å². The maximum absolute atomic E-state index is 13.0. The lowest BCUT2D eigenvalue weighted by Gasteiger charge is -2.40. The Kier molecular flexibility index (Phi) is 5.77. The van der Waals surface area contributed by atoms with E-state index in [4.69, 9.17) is 9.47 Å². The molecule has 0 spiro atoms. The molecule has 0 bridgehead atoms. The van der Waals surface area contributed by atoms with Crippen molar-refractivity contribution in [1.82, 2.24) is 0 Å². The van der Waals surface area contributed by atoms with Crippen molar-refractivity contribution in [2.75, 3.05) is 6.26 Å². The maximum atomic E-state index is 13.0. The van der Waals surface area contributed by atoms with Crippen LogP contribution in [-0.2, 0) is 19.3 Å². The van der Waals surface area contributed by atoms with Crippen LogP contribution in [0.1, 0.15) is 56.9 Å². The van der Waals surface area contributed by atoms with Gasteiger partial charge in [0, 0.05) is 6.26 Å². The van der Waals surface area contributed by atoms with Gasteiger partial charge in [0.2, 0.25) is 4.93 Å². The fourth-order valence-corrected chi connectivity index (χ4v) is 5.79. The molecule has 3 aliphatic rings. The molecule has 0 aromatic heterocycles. The third-order valence-corrected chi connectivity index (χ3v) is 7.83. The molecule has 2 unspecified atom stereocenters. The van der Waals surface area contributed by atoms with Crippen molar-refractivity contribution >= 4 is 15.4 Å². The van der Waals surface area contributed by atoms with Gasteiger partial charge in [-0.05, 0) is 49.0 Å². The lowest BCUT2D eigenvalue weighted by Crippen LogP contribution is -2.53. The second kappa shape index (κ2) is 8.13. The molecule has 28 heavy (non-hydrogen) atoms. The highest BCUT2D eigenvalue weighted by molar-refractivity contribution is 7.92. The molecule has 4 rings (SSSR count). The number of sulfone groups is 1. The normalized spacial score (nSPS) is 29.3. The summed E-state index contributed by atoms with van der Waals surface area (Å²) < 4.78 is 38.9. The zero-order valence-corrected chi connectivity index (χ0v) is 17.4. The molecular weight excluding hydrogens is 372 g/mol. The number of hydrogen-bond donors (Lipinski definition) is 0. The second-order valence-electron chi connectivity index (χ2n) is 8.30. The average Bonchev–Trinajstić information content (AvgIpc) is 3.37. The monoisotopic (exact) mass is 402 g/mol. The Morgan fingerprint density at radius 2 is 1.54 bits per heavy atom. The molecular formula is C23H30O4S. The van der Waals surface area contributed by atoms with Crippen molar-refractivity contribution in [3.05, 3.63) is 54.1 Å². The van der Waals surface area contributed by atoms with Crippen LogP contribution in [0.3, 0.4) is 0 Å². The largest absolute Gasteiger partial charge is 0.366 e. The second-order valence-corrected chi connectivity index (χ2v) is 10.5. The van der Waals surface area contributed by atoms with Crippen LogP contribution in [0, 0.1) is 0 Å². The number of hydrogen-bond acceptors (Lipinski definition) is 4. The molecule has 0 saturated heterocycles. The summed E-state index contributed by atoms with van der Waals surface area (Å²) in [6.07, 6.45) is 14.6. The number of benzene rings is 1. The Morgan fingerprint density at radius 3 is 2.14 bits per heavy atom. The minimum Gasteiger partial charge on any atom is -0.366 e. The molecule has 2 atom stereocenters. The summed E-state index contributed by atoms with van der Waals surface area (Å²) in [6, 6.07) is 10.0. The lowest BCUT2D eigenvalue weighted by atomic mass is 9.95. The predicted molar refractivity (Wildman–Crippen MR) is 112 cm³/mol. The van der Waals surface area contributed by atoms with E-state index in [2.05, 4.69) is 0 Å². The molecule has 1 aromatic rings. The molecule has 5 heteroatoms. The van der Waals surface area contributed by atoms with Gasteiger partial charge in [0.05, 0.1) is 12.2 Å². The Bertz CT molecular complexity index is 831. The Balaban J connectivity index is 1.72. The summed E-state index contributed by atoms with van der Waals surface area (Å²) in [5.41, 5.74) is 2.04. The summed E-state index contributed by atoms with van der Waals surface area (Å²) in [5, 5.41) is 0. The van der Waals surface area contributed by atoms with E-state index in [9.17, 15) is 8.42 Å². The van der Waals surface area contributed by atoms with Crippen molar-refractivity contribution in [3.63, 3.8) is 0 Å². The van der Waals surface area contributed by atoms with E-state index in [0.717, 1.165) is 62.5 Å². The standard InChI is InChI=1S/C23H30O4S/c1-28(24,25)23(27-21-13-7-8-14-21)16-15-19(18-9-3-2-4-10-18)17-22(23)26-20-11-5-6-12-20/h2-4,9-10,15-17,20-22H,5-8,11-14H2,1H3. The van der Waals surface area contributed by atoms with Crippen LogP contribution in [0.2, 0.25) is 0 Å². The third kappa shape index (κ3) is 3.98. The number of ether oxygens (including phenoxy) is 2. The lowest BCUT2D eigenvalue weighted by molar-refractivity contribution is -0.105. The summed E-state index contributed by atoms with van der Waals surface area (Å²) in [4.78, 5) is -1.44. The summed E-state index contributed by atoms with van der Waals surface area (Å²) in [6.45, 7) is 0. The molecule has 0 N–H and O–H groups in total. The van der Waals surface area contributed by atoms with Crippen LogP contribution < -0.4 is 0 Å². The molecule has 4 nitrogen and oxygen atoms in total. The smallest absolute Gasteiger partial charge is 0.217 e. The average molecular weight is 403 g/mol. The van der Waals surface area contributed by atoms with Gasteiger partial charge in [-0.3, -0.25) is 0 Å². The number of allylic oxidation sites excluding steroid dienone is 2. The fourth-order valence-electron chi connectivity index (χ4n) is 4.62. The van der Waals surface area contributed by atoms with Gasteiger partial charge in [-0.2, -0.15) is 0 Å². The highest BCUT2D eigenvalue weighted by Gasteiger charge is 2.51. The van der Waals surface area contributed by atoms with Gasteiger partial charge in [0.1, 0.15) is 6.10 Å². The van der Waals surface area contributed by atoms with E-state index in [1.807, 2.05) is 42.5 Å². The molecule has 1 aromatic carbocycles. The van der Waals surface area contributed by atoms with Gasteiger partial charge in [-0.1, -0.05) is 62.1 Å². The highest BCUT2D eigenvalue weighted by Crippen LogP contribution is 2.40. The predicted octanol–water partition coefficient (Wildman–Crippen LogP) is 4.67. The first-order valence-electron chi connectivity index (χ1n) is 10.5. The zero-order valence-electron chi connectivity index (χ0n) is 16.5. The Morgan fingerprint density at radius 1 is 0.929 bits per heavy atom. The first-order valence-corrected chi connectivity index (χ1v) is 12.4. The molecule has 0 amide bonds. The van der Waals surface area contributed by atoms with E-state index in [0.29, 0.717) is 0 Å². The zero-order chi connectivity index (χ0) is 19.6. The van der Waals surface area contributed by atoms with Crippen LogP contribution in [0.4, 0.5) is 0 Å². The first kappa shape index (κ1) is 19.9. The summed E-state index contributed by atoms with van der Waals surface area (Å²) >= 11 is 0. The van der Waals surface area contributed by atoms with Gasteiger partial charge in [0.15, 0.2) is 9.84 Å².